The normalized spacial score (nSPS) is 17.4. The summed E-state index contributed by atoms with van der Waals surface area (Å²) < 4.78 is 11.1. The minimum absolute atomic E-state index is 0.597. The first kappa shape index (κ1) is 20.7. The molecule has 0 bridgehead atoms. The minimum atomic E-state index is 0.597. The summed E-state index contributed by atoms with van der Waals surface area (Å²) in [5.41, 5.74) is 1.43. The Hall–Kier alpha value is -1.59. The summed E-state index contributed by atoms with van der Waals surface area (Å²) in [5, 5.41) is 6.73. The molecule has 1 fully saturated rings. The van der Waals surface area contributed by atoms with Crippen molar-refractivity contribution in [3.8, 4) is 0 Å². The predicted octanol–water partition coefficient (Wildman–Crippen LogP) is 3.01. The van der Waals surface area contributed by atoms with Gasteiger partial charge in [0, 0.05) is 39.3 Å². The molecule has 2 N–H and O–H groups in total. The van der Waals surface area contributed by atoms with Crippen molar-refractivity contribution in [3.05, 3.63) is 35.9 Å². The SMILES string of the molecule is CN=C(NCCCCCc1ccccc1)NCCCOCC1CCOC1. The number of hydrogen-bond acceptors (Lipinski definition) is 3. The van der Waals surface area contributed by atoms with Crippen LogP contribution in [0.1, 0.15) is 37.7 Å². The van der Waals surface area contributed by atoms with E-state index in [9.17, 15) is 0 Å². The average molecular weight is 362 g/mol. The van der Waals surface area contributed by atoms with E-state index in [-0.39, 0.29) is 0 Å². The van der Waals surface area contributed by atoms with Gasteiger partial charge in [-0.15, -0.1) is 0 Å². The minimum Gasteiger partial charge on any atom is -0.381 e. The summed E-state index contributed by atoms with van der Waals surface area (Å²) in [6.45, 7) is 5.22. The van der Waals surface area contributed by atoms with Gasteiger partial charge in [0.2, 0.25) is 0 Å². The molecule has 0 radical (unpaired) electrons. The van der Waals surface area contributed by atoms with Gasteiger partial charge in [-0.25, -0.2) is 0 Å². The van der Waals surface area contributed by atoms with Gasteiger partial charge < -0.3 is 20.1 Å². The molecule has 0 amide bonds. The molecular weight excluding hydrogens is 326 g/mol. The van der Waals surface area contributed by atoms with E-state index >= 15 is 0 Å². The summed E-state index contributed by atoms with van der Waals surface area (Å²) in [4.78, 5) is 4.27. The largest absolute Gasteiger partial charge is 0.381 e. The quantitative estimate of drug-likeness (QED) is 0.341. The molecule has 2 rings (SSSR count). The lowest BCUT2D eigenvalue weighted by molar-refractivity contribution is 0.0888. The summed E-state index contributed by atoms with van der Waals surface area (Å²) in [7, 11) is 1.82. The molecule has 1 saturated heterocycles. The maximum atomic E-state index is 5.71. The molecule has 1 unspecified atom stereocenters. The highest BCUT2D eigenvalue weighted by molar-refractivity contribution is 5.79. The third-order valence-corrected chi connectivity index (χ3v) is 4.64. The fourth-order valence-corrected chi connectivity index (χ4v) is 3.05. The van der Waals surface area contributed by atoms with Crippen LogP contribution in [0.15, 0.2) is 35.3 Å². The molecule has 0 aromatic heterocycles. The molecule has 5 nitrogen and oxygen atoms in total. The Labute approximate surface area is 158 Å². The van der Waals surface area contributed by atoms with E-state index in [1.54, 1.807) is 0 Å². The van der Waals surface area contributed by atoms with E-state index in [2.05, 4.69) is 46.0 Å². The predicted molar refractivity (Wildman–Crippen MR) is 108 cm³/mol. The zero-order chi connectivity index (χ0) is 18.3. The Balaban J connectivity index is 1.40. The zero-order valence-corrected chi connectivity index (χ0v) is 16.2. The number of unbranched alkanes of at least 4 members (excludes halogenated alkanes) is 2. The second-order valence-corrected chi connectivity index (χ2v) is 6.88. The number of aryl methyl sites for hydroxylation is 1. The van der Waals surface area contributed by atoms with Crippen molar-refractivity contribution in [1.82, 2.24) is 10.6 Å². The Morgan fingerprint density at radius 1 is 1.12 bits per heavy atom. The third-order valence-electron chi connectivity index (χ3n) is 4.64. The van der Waals surface area contributed by atoms with E-state index in [0.29, 0.717) is 5.92 Å². The second-order valence-electron chi connectivity index (χ2n) is 6.88. The van der Waals surface area contributed by atoms with Gasteiger partial charge in [-0.05, 0) is 37.7 Å². The molecule has 0 spiro atoms. The Kier molecular flexibility index (Phi) is 10.8. The van der Waals surface area contributed by atoms with Crippen LogP contribution in [0.2, 0.25) is 0 Å². The second kappa shape index (κ2) is 13.6. The molecule has 1 aromatic rings. The van der Waals surface area contributed by atoms with E-state index in [0.717, 1.165) is 58.3 Å². The molecule has 26 heavy (non-hydrogen) atoms. The Morgan fingerprint density at radius 3 is 2.65 bits per heavy atom. The first-order valence-electron chi connectivity index (χ1n) is 10.0. The number of hydrogen-bond donors (Lipinski definition) is 2. The van der Waals surface area contributed by atoms with Crippen molar-refractivity contribution in [2.45, 2.75) is 38.5 Å². The lowest BCUT2D eigenvalue weighted by Crippen LogP contribution is -2.38. The molecule has 146 valence electrons. The molecule has 1 heterocycles. The highest BCUT2D eigenvalue weighted by Gasteiger charge is 2.15. The van der Waals surface area contributed by atoms with Gasteiger partial charge in [0.25, 0.3) is 0 Å². The number of benzene rings is 1. The lowest BCUT2D eigenvalue weighted by atomic mass is 10.1. The van der Waals surface area contributed by atoms with Gasteiger partial charge in [-0.3, -0.25) is 4.99 Å². The lowest BCUT2D eigenvalue weighted by Gasteiger charge is -2.12. The van der Waals surface area contributed by atoms with Gasteiger partial charge in [0.1, 0.15) is 0 Å². The van der Waals surface area contributed by atoms with Crippen LogP contribution >= 0.6 is 0 Å². The summed E-state index contributed by atoms with van der Waals surface area (Å²) in [5.74, 6) is 1.48. The van der Waals surface area contributed by atoms with E-state index in [1.165, 1.54) is 31.2 Å². The maximum absolute atomic E-state index is 5.71. The van der Waals surface area contributed by atoms with Crippen molar-refractivity contribution in [2.75, 3.05) is 46.6 Å². The monoisotopic (exact) mass is 361 g/mol. The van der Waals surface area contributed by atoms with Gasteiger partial charge in [-0.1, -0.05) is 36.8 Å². The standard InChI is InChI=1S/C21H35N3O2/c1-22-21(24-14-8-15-25-17-20-12-16-26-18-20)23-13-7-3-6-11-19-9-4-2-5-10-19/h2,4-5,9-10,20H,3,6-8,11-18H2,1H3,(H2,22,23,24). The summed E-state index contributed by atoms with van der Waals surface area (Å²) in [6, 6.07) is 10.7. The molecule has 0 saturated carbocycles. The van der Waals surface area contributed by atoms with Crippen LogP contribution in [0.4, 0.5) is 0 Å². The van der Waals surface area contributed by atoms with Crippen molar-refractivity contribution in [2.24, 2.45) is 10.9 Å². The molecular formula is C21H35N3O2. The first-order valence-corrected chi connectivity index (χ1v) is 10.0. The number of rotatable bonds is 12. The fourth-order valence-electron chi connectivity index (χ4n) is 3.05. The summed E-state index contributed by atoms with van der Waals surface area (Å²) >= 11 is 0. The molecule has 0 aliphatic carbocycles. The maximum Gasteiger partial charge on any atom is 0.190 e. The topological polar surface area (TPSA) is 54.9 Å². The van der Waals surface area contributed by atoms with Crippen LogP contribution in [0.25, 0.3) is 0 Å². The van der Waals surface area contributed by atoms with Crippen molar-refractivity contribution >= 4 is 5.96 Å². The Morgan fingerprint density at radius 2 is 1.92 bits per heavy atom. The number of guanidine groups is 1. The van der Waals surface area contributed by atoms with Crippen LogP contribution in [0.3, 0.4) is 0 Å². The van der Waals surface area contributed by atoms with E-state index < -0.39 is 0 Å². The van der Waals surface area contributed by atoms with Crippen molar-refractivity contribution in [3.63, 3.8) is 0 Å². The number of nitrogens with one attached hydrogen (secondary N) is 2. The van der Waals surface area contributed by atoms with Gasteiger partial charge in [0.05, 0.1) is 13.2 Å². The highest BCUT2D eigenvalue weighted by atomic mass is 16.5. The number of ether oxygens (including phenoxy) is 2. The molecule has 1 aromatic carbocycles. The van der Waals surface area contributed by atoms with Gasteiger partial charge >= 0.3 is 0 Å². The van der Waals surface area contributed by atoms with Gasteiger partial charge in [-0.2, -0.15) is 0 Å². The smallest absolute Gasteiger partial charge is 0.190 e. The van der Waals surface area contributed by atoms with Crippen LogP contribution < -0.4 is 10.6 Å². The zero-order valence-electron chi connectivity index (χ0n) is 16.2. The molecule has 1 atom stereocenters. The van der Waals surface area contributed by atoms with Crippen LogP contribution in [-0.2, 0) is 15.9 Å². The molecule has 1 aliphatic rings. The average Bonchev–Trinajstić information content (AvgIpc) is 3.19. The Bertz CT molecular complexity index is 487. The molecule has 1 aliphatic heterocycles. The van der Waals surface area contributed by atoms with Crippen molar-refractivity contribution < 1.29 is 9.47 Å². The number of nitrogens with zero attached hydrogens (tertiary/aromatic N) is 1. The van der Waals surface area contributed by atoms with E-state index in [4.69, 9.17) is 9.47 Å². The van der Waals surface area contributed by atoms with Crippen LogP contribution in [0, 0.1) is 5.92 Å². The van der Waals surface area contributed by atoms with Crippen LogP contribution in [-0.4, -0.2) is 52.5 Å². The molecule has 5 heteroatoms. The highest BCUT2D eigenvalue weighted by Crippen LogP contribution is 2.12. The third kappa shape index (κ3) is 9.20. The number of aliphatic imine (C=N–C) groups is 1. The fraction of sp³-hybridized carbons (Fsp3) is 0.667. The first-order chi connectivity index (χ1) is 12.9. The van der Waals surface area contributed by atoms with Gasteiger partial charge in [0.15, 0.2) is 5.96 Å². The van der Waals surface area contributed by atoms with Crippen LogP contribution in [0.5, 0.6) is 0 Å². The summed E-state index contributed by atoms with van der Waals surface area (Å²) in [6.07, 6.45) is 6.94. The van der Waals surface area contributed by atoms with E-state index in [1.807, 2.05) is 7.05 Å². The van der Waals surface area contributed by atoms with Crippen molar-refractivity contribution in [1.29, 1.82) is 0 Å².